The average molecular weight is 305 g/mol. The van der Waals surface area contributed by atoms with Crippen LogP contribution < -0.4 is 4.84 Å². The molecule has 2 aromatic rings. The van der Waals surface area contributed by atoms with Crippen LogP contribution >= 0.6 is 0 Å². The summed E-state index contributed by atoms with van der Waals surface area (Å²) in [6.45, 7) is 0. The van der Waals surface area contributed by atoms with E-state index >= 15 is 0 Å². The maximum absolute atomic E-state index is 12.7. The second-order valence-electron chi connectivity index (χ2n) is 4.04. The van der Waals surface area contributed by atoms with E-state index in [9.17, 15) is 24.6 Å². The van der Waals surface area contributed by atoms with E-state index in [0.29, 0.717) is 5.56 Å². The van der Waals surface area contributed by atoms with Gasteiger partial charge in [0.15, 0.2) is 0 Å². The van der Waals surface area contributed by atoms with Gasteiger partial charge in [0.05, 0.1) is 22.1 Å². The maximum atomic E-state index is 12.7. The molecule has 0 spiro atoms. The fourth-order valence-corrected chi connectivity index (χ4v) is 1.53. The van der Waals surface area contributed by atoms with E-state index in [1.54, 1.807) is 0 Å². The maximum Gasteiger partial charge on any atom is 0.321 e. The molecule has 2 rings (SSSR count). The number of hydrogen-bond donors (Lipinski definition) is 0. The number of non-ortho nitro benzene ring substituents is 1. The van der Waals surface area contributed by atoms with Crippen molar-refractivity contribution < 1.29 is 19.1 Å². The Morgan fingerprint density at radius 1 is 1.05 bits per heavy atom. The molecule has 0 saturated heterocycles. The Kier molecular flexibility index (Phi) is 4.37. The summed E-state index contributed by atoms with van der Waals surface area (Å²) in [6.07, 6.45) is 1.23. The number of nitro benzene ring substituents is 2. The zero-order valence-corrected chi connectivity index (χ0v) is 10.9. The van der Waals surface area contributed by atoms with Crippen LogP contribution in [0.4, 0.5) is 15.8 Å². The molecule has 8 nitrogen and oxygen atoms in total. The van der Waals surface area contributed by atoms with E-state index < -0.39 is 27.0 Å². The highest BCUT2D eigenvalue weighted by molar-refractivity contribution is 5.79. The lowest BCUT2D eigenvalue weighted by Gasteiger charge is -2.00. The van der Waals surface area contributed by atoms with Gasteiger partial charge in [-0.3, -0.25) is 20.2 Å². The van der Waals surface area contributed by atoms with Crippen molar-refractivity contribution in [1.29, 1.82) is 0 Å². The third-order valence-electron chi connectivity index (χ3n) is 2.57. The van der Waals surface area contributed by atoms with Crippen molar-refractivity contribution in [2.45, 2.75) is 0 Å². The summed E-state index contributed by atoms with van der Waals surface area (Å²) in [5.74, 6) is -0.655. The molecule has 0 aliphatic heterocycles. The first-order valence-electron chi connectivity index (χ1n) is 5.86. The van der Waals surface area contributed by atoms with E-state index in [2.05, 4.69) is 5.16 Å². The minimum absolute atomic E-state index is 0.242. The molecular formula is C13H8FN3O5. The standard InChI is InChI=1S/C13H8FN3O5/c14-10-3-1-9(2-4-10)8-15-22-13-6-5-11(16(18)19)7-12(13)17(20)21/h1-8H/b15-8+. The van der Waals surface area contributed by atoms with Crippen LogP contribution in [0.5, 0.6) is 5.75 Å². The lowest BCUT2D eigenvalue weighted by molar-refractivity contribution is -0.394. The Morgan fingerprint density at radius 3 is 2.32 bits per heavy atom. The van der Waals surface area contributed by atoms with Crippen molar-refractivity contribution in [1.82, 2.24) is 0 Å². The molecule has 0 unspecified atom stereocenters. The van der Waals surface area contributed by atoms with Gasteiger partial charge in [0.1, 0.15) is 5.82 Å². The molecule has 0 aliphatic carbocycles. The summed E-state index contributed by atoms with van der Waals surface area (Å²) in [6, 6.07) is 8.24. The monoisotopic (exact) mass is 305 g/mol. The van der Waals surface area contributed by atoms with Gasteiger partial charge < -0.3 is 4.84 Å². The summed E-state index contributed by atoms with van der Waals surface area (Å²) in [5.41, 5.74) is -0.488. The minimum Gasteiger partial charge on any atom is -0.350 e. The Hall–Kier alpha value is -3.36. The summed E-state index contributed by atoms with van der Waals surface area (Å²) in [5, 5.41) is 25.0. The molecule has 0 atom stereocenters. The van der Waals surface area contributed by atoms with Crippen molar-refractivity contribution in [2.75, 3.05) is 0 Å². The van der Waals surface area contributed by atoms with Crippen molar-refractivity contribution in [3.8, 4) is 5.75 Å². The predicted octanol–water partition coefficient (Wildman–Crippen LogP) is 3.06. The number of halogens is 1. The van der Waals surface area contributed by atoms with Crippen LogP contribution in [0, 0.1) is 26.0 Å². The van der Waals surface area contributed by atoms with Gasteiger partial charge in [-0.15, -0.1) is 0 Å². The first-order chi connectivity index (χ1) is 10.5. The molecule has 0 heterocycles. The van der Waals surface area contributed by atoms with Gasteiger partial charge in [-0.2, -0.15) is 0 Å². The molecule has 9 heteroatoms. The van der Waals surface area contributed by atoms with Gasteiger partial charge in [0.25, 0.3) is 5.69 Å². The third-order valence-corrected chi connectivity index (χ3v) is 2.57. The number of benzene rings is 2. The van der Waals surface area contributed by atoms with Crippen molar-refractivity contribution in [2.24, 2.45) is 5.16 Å². The highest BCUT2D eigenvalue weighted by atomic mass is 19.1. The van der Waals surface area contributed by atoms with Gasteiger partial charge in [-0.1, -0.05) is 17.3 Å². The molecule has 2 aromatic carbocycles. The van der Waals surface area contributed by atoms with Crippen LogP contribution in [0.1, 0.15) is 5.56 Å². The van der Waals surface area contributed by atoms with Crippen LogP contribution in [-0.4, -0.2) is 16.1 Å². The summed E-state index contributed by atoms with van der Waals surface area (Å²) < 4.78 is 12.7. The van der Waals surface area contributed by atoms with Gasteiger partial charge in [0, 0.05) is 6.07 Å². The van der Waals surface area contributed by atoms with Crippen LogP contribution in [0.15, 0.2) is 47.6 Å². The second-order valence-corrected chi connectivity index (χ2v) is 4.04. The molecule has 0 radical (unpaired) electrons. The third kappa shape index (κ3) is 3.60. The molecule has 0 aliphatic rings. The number of oxime groups is 1. The van der Waals surface area contributed by atoms with Gasteiger partial charge >= 0.3 is 5.69 Å². The molecule has 0 saturated carbocycles. The summed E-state index contributed by atoms with van der Waals surface area (Å²) in [7, 11) is 0. The lowest BCUT2D eigenvalue weighted by Crippen LogP contribution is -1.96. The van der Waals surface area contributed by atoms with Crippen molar-refractivity contribution in [3.05, 3.63) is 74.1 Å². The predicted molar refractivity (Wildman–Crippen MR) is 74.4 cm³/mol. The number of rotatable bonds is 5. The van der Waals surface area contributed by atoms with Crippen LogP contribution in [0.3, 0.4) is 0 Å². The fourth-order valence-electron chi connectivity index (χ4n) is 1.53. The Bertz CT molecular complexity index is 746. The van der Waals surface area contributed by atoms with Crippen LogP contribution in [-0.2, 0) is 0 Å². The molecule has 0 aromatic heterocycles. The molecule has 0 fully saturated rings. The minimum atomic E-state index is -0.810. The smallest absolute Gasteiger partial charge is 0.321 e. The highest BCUT2D eigenvalue weighted by Crippen LogP contribution is 2.31. The Balaban J connectivity index is 2.20. The Labute approximate surface area is 122 Å². The molecular weight excluding hydrogens is 297 g/mol. The number of hydrogen-bond acceptors (Lipinski definition) is 6. The van der Waals surface area contributed by atoms with Crippen LogP contribution in [0.2, 0.25) is 0 Å². The fraction of sp³-hybridized carbons (Fsp3) is 0. The molecule has 0 N–H and O–H groups in total. The van der Waals surface area contributed by atoms with E-state index in [4.69, 9.17) is 4.84 Å². The summed E-state index contributed by atoms with van der Waals surface area (Å²) >= 11 is 0. The van der Waals surface area contributed by atoms with Gasteiger partial charge in [-0.05, 0) is 23.8 Å². The first-order valence-corrected chi connectivity index (χ1v) is 5.86. The molecule has 112 valence electrons. The van der Waals surface area contributed by atoms with E-state index in [1.165, 1.54) is 30.5 Å². The number of nitro groups is 2. The number of nitrogens with zero attached hydrogens (tertiary/aromatic N) is 3. The zero-order valence-electron chi connectivity index (χ0n) is 10.9. The zero-order chi connectivity index (χ0) is 16.1. The summed E-state index contributed by atoms with van der Waals surface area (Å²) in [4.78, 5) is 24.8. The lowest BCUT2D eigenvalue weighted by atomic mass is 10.2. The quantitative estimate of drug-likeness (QED) is 0.479. The van der Waals surface area contributed by atoms with E-state index in [-0.39, 0.29) is 5.75 Å². The van der Waals surface area contributed by atoms with E-state index in [0.717, 1.165) is 18.2 Å². The molecule has 0 bridgehead atoms. The normalized spacial score (nSPS) is 10.6. The van der Waals surface area contributed by atoms with Crippen molar-refractivity contribution in [3.63, 3.8) is 0 Å². The van der Waals surface area contributed by atoms with Crippen molar-refractivity contribution >= 4 is 17.6 Å². The van der Waals surface area contributed by atoms with Gasteiger partial charge in [-0.25, -0.2) is 4.39 Å². The second kappa shape index (κ2) is 6.39. The van der Waals surface area contributed by atoms with Gasteiger partial charge in [0.2, 0.25) is 5.75 Å². The SMILES string of the molecule is O=[N+]([O-])c1ccc(O/N=C/c2ccc(F)cc2)c([N+](=O)[O-])c1. The largest absolute Gasteiger partial charge is 0.350 e. The van der Waals surface area contributed by atoms with Crippen LogP contribution in [0.25, 0.3) is 0 Å². The molecule has 22 heavy (non-hydrogen) atoms. The Morgan fingerprint density at radius 2 is 1.73 bits per heavy atom. The first kappa shape index (κ1) is 15.0. The molecule has 0 amide bonds. The highest BCUT2D eigenvalue weighted by Gasteiger charge is 2.20. The van der Waals surface area contributed by atoms with E-state index in [1.807, 2.05) is 0 Å². The topological polar surface area (TPSA) is 108 Å². The average Bonchev–Trinajstić information content (AvgIpc) is 2.49.